The zero-order valence-corrected chi connectivity index (χ0v) is 14.8. The third kappa shape index (κ3) is 3.80. The van der Waals surface area contributed by atoms with Crippen molar-refractivity contribution in [3.05, 3.63) is 59.7 Å². The lowest BCUT2D eigenvalue weighted by atomic mass is 9.83. The molecule has 1 N–H and O–H groups in total. The van der Waals surface area contributed by atoms with E-state index in [4.69, 9.17) is 9.47 Å². The van der Waals surface area contributed by atoms with Crippen LogP contribution in [0.4, 0.5) is 0 Å². The van der Waals surface area contributed by atoms with Crippen molar-refractivity contribution in [2.24, 2.45) is 0 Å². The molecular weight excluding hydrogens is 338 g/mol. The summed E-state index contributed by atoms with van der Waals surface area (Å²) in [5, 5.41) is 3.33. The summed E-state index contributed by atoms with van der Waals surface area (Å²) in [6, 6.07) is 15.6. The number of rotatable bonds is 3. The average Bonchev–Trinajstić information content (AvgIpc) is 2.62. The van der Waals surface area contributed by atoms with Crippen LogP contribution in [0, 0.1) is 0 Å². The molecule has 4 nitrogen and oxygen atoms in total. The van der Waals surface area contributed by atoms with Gasteiger partial charge in [0.2, 0.25) is 0 Å². The first-order chi connectivity index (χ1) is 11.7. The Bertz CT molecular complexity index is 742. The van der Waals surface area contributed by atoms with Crippen molar-refractivity contribution in [3.8, 4) is 11.5 Å². The molecule has 2 aliphatic rings. The molecule has 0 unspecified atom stereocenters. The molecule has 2 aliphatic heterocycles. The van der Waals surface area contributed by atoms with Crippen LogP contribution < -0.4 is 14.8 Å². The van der Waals surface area contributed by atoms with Crippen molar-refractivity contribution in [1.82, 2.24) is 5.32 Å². The van der Waals surface area contributed by atoms with Crippen LogP contribution >= 0.6 is 12.4 Å². The lowest BCUT2D eigenvalue weighted by Crippen LogP contribution is -2.49. The molecule has 0 amide bonds. The van der Waals surface area contributed by atoms with Crippen LogP contribution in [0.1, 0.15) is 35.2 Å². The second kappa shape index (κ2) is 7.46. The molecule has 2 aromatic rings. The molecule has 1 spiro atoms. The Balaban J connectivity index is 0.00000182. The summed E-state index contributed by atoms with van der Waals surface area (Å²) < 4.78 is 12.1. The maximum absolute atomic E-state index is 12.6. The third-order valence-electron chi connectivity index (χ3n) is 4.82. The van der Waals surface area contributed by atoms with Crippen LogP contribution in [0.2, 0.25) is 0 Å². The van der Waals surface area contributed by atoms with Crippen LogP contribution in [-0.4, -0.2) is 24.5 Å². The van der Waals surface area contributed by atoms with E-state index in [0.717, 1.165) is 31.5 Å². The van der Waals surface area contributed by atoms with Crippen LogP contribution in [0.15, 0.2) is 48.5 Å². The molecule has 0 aliphatic carbocycles. The highest BCUT2D eigenvalue weighted by molar-refractivity contribution is 6.00. The Hall–Kier alpha value is -2.04. The monoisotopic (exact) mass is 359 g/mol. The highest BCUT2D eigenvalue weighted by Crippen LogP contribution is 2.39. The third-order valence-corrected chi connectivity index (χ3v) is 4.82. The van der Waals surface area contributed by atoms with E-state index in [1.165, 1.54) is 0 Å². The fraction of sp³-hybridized carbons (Fsp3) is 0.350. The molecule has 4 rings (SSSR count). The first-order valence-electron chi connectivity index (χ1n) is 8.48. The highest BCUT2D eigenvalue weighted by atomic mass is 35.5. The number of benzene rings is 2. The van der Waals surface area contributed by atoms with Gasteiger partial charge in [-0.15, -0.1) is 12.4 Å². The minimum atomic E-state index is -0.318. The first kappa shape index (κ1) is 17.8. The zero-order valence-electron chi connectivity index (χ0n) is 14.0. The fourth-order valence-corrected chi connectivity index (χ4v) is 3.47. The molecule has 132 valence electrons. The number of hydrogen-bond donors (Lipinski definition) is 1. The van der Waals surface area contributed by atoms with E-state index < -0.39 is 0 Å². The van der Waals surface area contributed by atoms with E-state index in [2.05, 4.69) is 5.32 Å². The molecule has 0 radical (unpaired) electrons. The maximum Gasteiger partial charge on any atom is 0.170 e. The van der Waals surface area contributed by atoms with Gasteiger partial charge in [-0.3, -0.25) is 4.79 Å². The molecule has 0 atom stereocenters. The zero-order chi connectivity index (χ0) is 16.4. The normalized spacial score (nSPS) is 18.0. The van der Waals surface area contributed by atoms with E-state index in [9.17, 15) is 4.79 Å². The van der Waals surface area contributed by atoms with E-state index in [-0.39, 0.29) is 23.8 Å². The van der Waals surface area contributed by atoms with Crippen LogP contribution in [0.5, 0.6) is 11.5 Å². The van der Waals surface area contributed by atoms with Crippen LogP contribution in [-0.2, 0) is 6.61 Å². The second-order valence-corrected chi connectivity index (χ2v) is 6.57. The Morgan fingerprint density at radius 3 is 2.60 bits per heavy atom. The number of ketones is 1. The van der Waals surface area contributed by atoms with Gasteiger partial charge in [0.05, 0.1) is 12.0 Å². The number of nitrogens with one attached hydrogen (secondary N) is 1. The summed E-state index contributed by atoms with van der Waals surface area (Å²) in [5.74, 6) is 1.55. The van der Waals surface area contributed by atoms with E-state index >= 15 is 0 Å². The van der Waals surface area contributed by atoms with Crippen molar-refractivity contribution >= 4 is 18.2 Å². The number of piperidine rings is 1. The lowest BCUT2D eigenvalue weighted by Gasteiger charge is -2.40. The number of Topliss-reactive ketones (excluding diaryl/α,β-unsaturated/α-hetero) is 1. The molecule has 0 saturated carbocycles. The maximum atomic E-state index is 12.6. The number of carbonyl (C=O) groups is 1. The standard InChI is InChI=1S/C20H21NO3.ClH/c22-18-13-20(8-10-21-11-9-20)24-19-7-6-16(12-17(18)19)23-14-15-4-2-1-3-5-15;/h1-7,12,21H,8-11,13-14H2;1H. The summed E-state index contributed by atoms with van der Waals surface area (Å²) in [6.45, 7) is 2.30. The number of ether oxygens (including phenoxy) is 2. The van der Waals surface area contributed by atoms with Gasteiger partial charge in [0, 0.05) is 12.8 Å². The predicted molar refractivity (Wildman–Crippen MR) is 98.9 cm³/mol. The molecule has 1 saturated heterocycles. The largest absolute Gasteiger partial charge is 0.489 e. The van der Waals surface area contributed by atoms with Crippen molar-refractivity contribution in [2.75, 3.05) is 13.1 Å². The Morgan fingerprint density at radius 1 is 1.08 bits per heavy atom. The van der Waals surface area contributed by atoms with Gasteiger partial charge in [0.25, 0.3) is 0 Å². The quantitative estimate of drug-likeness (QED) is 0.906. The van der Waals surface area contributed by atoms with Gasteiger partial charge in [-0.2, -0.15) is 0 Å². The number of halogens is 1. The molecule has 2 aromatic carbocycles. The second-order valence-electron chi connectivity index (χ2n) is 6.57. The van der Waals surface area contributed by atoms with Gasteiger partial charge in [0.1, 0.15) is 23.7 Å². The lowest BCUT2D eigenvalue weighted by molar-refractivity contribution is 0.0186. The summed E-state index contributed by atoms with van der Waals surface area (Å²) in [4.78, 5) is 12.6. The van der Waals surface area contributed by atoms with E-state index in [0.29, 0.717) is 30.1 Å². The minimum Gasteiger partial charge on any atom is -0.489 e. The molecule has 5 heteroatoms. The van der Waals surface area contributed by atoms with Crippen molar-refractivity contribution in [2.45, 2.75) is 31.5 Å². The van der Waals surface area contributed by atoms with Gasteiger partial charge in [0.15, 0.2) is 5.78 Å². The molecule has 1 fully saturated rings. The highest BCUT2D eigenvalue weighted by Gasteiger charge is 2.41. The molecule has 25 heavy (non-hydrogen) atoms. The number of carbonyl (C=O) groups excluding carboxylic acids is 1. The molecular formula is C20H22ClNO3. The topological polar surface area (TPSA) is 47.6 Å². The van der Waals surface area contributed by atoms with Gasteiger partial charge in [-0.1, -0.05) is 30.3 Å². The fourth-order valence-electron chi connectivity index (χ4n) is 3.47. The number of fused-ring (bicyclic) bond motifs is 1. The van der Waals surface area contributed by atoms with Gasteiger partial charge >= 0.3 is 0 Å². The summed E-state index contributed by atoms with van der Waals surface area (Å²) in [5.41, 5.74) is 1.43. The molecule has 0 bridgehead atoms. The number of hydrogen-bond acceptors (Lipinski definition) is 4. The minimum absolute atomic E-state index is 0. The van der Waals surface area contributed by atoms with Crippen molar-refractivity contribution < 1.29 is 14.3 Å². The smallest absolute Gasteiger partial charge is 0.170 e. The van der Waals surface area contributed by atoms with E-state index in [1.54, 1.807) is 0 Å². The van der Waals surface area contributed by atoms with Gasteiger partial charge < -0.3 is 14.8 Å². The van der Waals surface area contributed by atoms with Gasteiger partial charge in [-0.05, 0) is 36.9 Å². The van der Waals surface area contributed by atoms with Crippen molar-refractivity contribution in [1.29, 1.82) is 0 Å². The summed E-state index contributed by atoms with van der Waals surface area (Å²) >= 11 is 0. The van der Waals surface area contributed by atoms with Crippen LogP contribution in [0.25, 0.3) is 0 Å². The Morgan fingerprint density at radius 2 is 1.84 bits per heavy atom. The van der Waals surface area contributed by atoms with Gasteiger partial charge in [-0.25, -0.2) is 0 Å². The average molecular weight is 360 g/mol. The summed E-state index contributed by atoms with van der Waals surface area (Å²) in [6.07, 6.45) is 2.22. The van der Waals surface area contributed by atoms with Crippen molar-refractivity contribution in [3.63, 3.8) is 0 Å². The molecule has 2 heterocycles. The SMILES string of the molecule is Cl.O=C1CC2(CCNCC2)Oc2ccc(OCc3ccccc3)cc21. The summed E-state index contributed by atoms with van der Waals surface area (Å²) in [7, 11) is 0. The van der Waals surface area contributed by atoms with E-state index in [1.807, 2.05) is 48.5 Å². The Labute approximate surface area is 153 Å². The Kier molecular flexibility index (Phi) is 5.30. The first-order valence-corrected chi connectivity index (χ1v) is 8.48. The predicted octanol–water partition coefficient (Wildman–Crippen LogP) is 3.77. The van der Waals surface area contributed by atoms with Crippen LogP contribution in [0.3, 0.4) is 0 Å². The molecule has 0 aromatic heterocycles.